The fourth-order valence-corrected chi connectivity index (χ4v) is 3.22. The van der Waals surface area contributed by atoms with Crippen molar-refractivity contribution in [3.05, 3.63) is 40.0 Å². The molecule has 22 heavy (non-hydrogen) atoms. The highest BCUT2D eigenvalue weighted by molar-refractivity contribution is 7.11. The number of urea groups is 1. The molecule has 1 atom stereocenters. The molecule has 0 fully saturated rings. The van der Waals surface area contributed by atoms with Crippen molar-refractivity contribution >= 4 is 23.2 Å². The number of nitrogens with one attached hydrogen (secondary N) is 1. The second-order valence-electron chi connectivity index (χ2n) is 5.59. The minimum atomic E-state index is -0.176. The lowest BCUT2D eigenvalue weighted by Crippen LogP contribution is -2.33. The number of amides is 2. The van der Waals surface area contributed by atoms with Crippen molar-refractivity contribution in [1.29, 1.82) is 0 Å². The number of nitrogens with zero attached hydrogens (tertiary/aromatic N) is 3. The standard InChI is InChI=1S/C16H22N4OS/c1-10(2)15-18-11(3)14(22-15)12(4)20(5)16(21)19-13-8-6-7-9-17-13/h6-10,12H,1-5H3,(H,17,19,21)/t12-/m0/s1. The second kappa shape index (κ2) is 6.87. The highest BCUT2D eigenvalue weighted by Crippen LogP contribution is 2.31. The van der Waals surface area contributed by atoms with E-state index in [-0.39, 0.29) is 12.1 Å². The molecule has 0 radical (unpaired) electrons. The van der Waals surface area contributed by atoms with E-state index < -0.39 is 0 Å². The fourth-order valence-electron chi connectivity index (χ4n) is 2.05. The van der Waals surface area contributed by atoms with Crippen LogP contribution in [-0.4, -0.2) is 27.9 Å². The number of thiazole rings is 1. The molecule has 2 aromatic heterocycles. The third-order valence-corrected chi connectivity index (χ3v) is 5.15. The SMILES string of the molecule is Cc1nc(C(C)C)sc1[C@H](C)N(C)C(=O)Nc1ccccn1. The van der Waals surface area contributed by atoms with Gasteiger partial charge in [0, 0.05) is 24.0 Å². The third kappa shape index (κ3) is 3.62. The summed E-state index contributed by atoms with van der Waals surface area (Å²) in [5.41, 5.74) is 0.999. The van der Waals surface area contributed by atoms with Gasteiger partial charge < -0.3 is 4.90 Å². The number of aryl methyl sites for hydroxylation is 1. The first-order valence-electron chi connectivity index (χ1n) is 7.32. The topological polar surface area (TPSA) is 58.1 Å². The van der Waals surface area contributed by atoms with Crippen LogP contribution in [0.3, 0.4) is 0 Å². The van der Waals surface area contributed by atoms with Gasteiger partial charge in [-0.05, 0) is 26.0 Å². The number of carbonyl (C=O) groups is 1. The van der Waals surface area contributed by atoms with Gasteiger partial charge in [-0.25, -0.2) is 14.8 Å². The first kappa shape index (κ1) is 16.4. The van der Waals surface area contributed by atoms with E-state index in [0.29, 0.717) is 11.7 Å². The van der Waals surface area contributed by atoms with Crippen LogP contribution in [0.2, 0.25) is 0 Å². The van der Waals surface area contributed by atoms with E-state index in [2.05, 4.69) is 29.1 Å². The molecule has 0 aliphatic carbocycles. The molecule has 2 amide bonds. The minimum Gasteiger partial charge on any atom is -0.320 e. The number of hydrogen-bond donors (Lipinski definition) is 1. The smallest absolute Gasteiger partial charge is 0.320 e. The van der Waals surface area contributed by atoms with Crippen molar-refractivity contribution in [3.8, 4) is 0 Å². The van der Waals surface area contributed by atoms with Crippen LogP contribution in [0.1, 0.15) is 48.3 Å². The molecule has 0 spiro atoms. The average Bonchev–Trinajstić information content (AvgIpc) is 2.89. The molecule has 0 saturated heterocycles. The molecule has 5 nitrogen and oxygen atoms in total. The molecule has 0 unspecified atom stereocenters. The molecule has 0 aromatic carbocycles. The maximum atomic E-state index is 12.3. The Balaban J connectivity index is 2.11. The average molecular weight is 318 g/mol. The molecule has 0 bridgehead atoms. The van der Waals surface area contributed by atoms with Gasteiger partial charge in [0.2, 0.25) is 0 Å². The van der Waals surface area contributed by atoms with Crippen LogP contribution >= 0.6 is 11.3 Å². The molecule has 118 valence electrons. The van der Waals surface area contributed by atoms with Gasteiger partial charge in [0.05, 0.1) is 16.7 Å². The Kier molecular flexibility index (Phi) is 5.13. The number of carbonyl (C=O) groups excluding carboxylic acids is 1. The number of hydrogen-bond acceptors (Lipinski definition) is 4. The number of pyridine rings is 1. The Hall–Kier alpha value is -1.95. The highest BCUT2D eigenvalue weighted by Gasteiger charge is 2.22. The van der Waals surface area contributed by atoms with Gasteiger partial charge in [-0.15, -0.1) is 11.3 Å². The van der Waals surface area contributed by atoms with E-state index in [1.807, 2.05) is 26.0 Å². The molecular weight excluding hydrogens is 296 g/mol. The fraction of sp³-hybridized carbons (Fsp3) is 0.438. The van der Waals surface area contributed by atoms with Gasteiger partial charge in [-0.1, -0.05) is 19.9 Å². The number of rotatable bonds is 4. The van der Waals surface area contributed by atoms with Crippen molar-refractivity contribution < 1.29 is 4.79 Å². The van der Waals surface area contributed by atoms with Crippen LogP contribution in [0.5, 0.6) is 0 Å². The summed E-state index contributed by atoms with van der Waals surface area (Å²) in [6.07, 6.45) is 1.65. The summed E-state index contributed by atoms with van der Waals surface area (Å²) in [4.78, 5) is 23.9. The van der Waals surface area contributed by atoms with Gasteiger partial charge in [-0.2, -0.15) is 0 Å². The van der Waals surface area contributed by atoms with E-state index in [4.69, 9.17) is 0 Å². The Labute approximate surface area is 135 Å². The van der Waals surface area contributed by atoms with E-state index in [9.17, 15) is 4.79 Å². The summed E-state index contributed by atoms with van der Waals surface area (Å²) < 4.78 is 0. The Morgan fingerprint density at radius 1 is 1.32 bits per heavy atom. The van der Waals surface area contributed by atoms with Gasteiger partial charge in [-0.3, -0.25) is 5.32 Å². The van der Waals surface area contributed by atoms with Crippen molar-refractivity contribution in [3.63, 3.8) is 0 Å². The summed E-state index contributed by atoms with van der Waals surface area (Å²) in [7, 11) is 1.79. The summed E-state index contributed by atoms with van der Waals surface area (Å²) in [6.45, 7) is 8.27. The molecule has 1 N–H and O–H groups in total. The van der Waals surface area contributed by atoms with Crippen LogP contribution in [0.25, 0.3) is 0 Å². The van der Waals surface area contributed by atoms with E-state index in [0.717, 1.165) is 15.6 Å². The zero-order chi connectivity index (χ0) is 16.3. The molecule has 2 rings (SSSR count). The maximum Gasteiger partial charge on any atom is 0.323 e. The van der Waals surface area contributed by atoms with Gasteiger partial charge >= 0.3 is 6.03 Å². The molecule has 0 saturated carbocycles. The van der Waals surface area contributed by atoms with Crippen LogP contribution in [0, 0.1) is 6.92 Å². The third-order valence-electron chi connectivity index (χ3n) is 3.52. The van der Waals surface area contributed by atoms with Crippen LogP contribution in [0.4, 0.5) is 10.6 Å². The lowest BCUT2D eigenvalue weighted by atomic mass is 10.2. The zero-order valence-corrected chi connectivity index (χ0v) is 14.4. The highest BCUT2D eigenvalue weighted by atomic mass is 32.1. The Morgan fingerprint density at radius 2 is 2.05 bits per heavy atom. The quantitative estimate of drug-likeness (QED) is 0.919. The number of aromatic nitrogens is 2. The van der Waals surface area contributed by atoms with Crippen molar-refractivity contribution in [2.45, 2.75) is 39.7 Å². The van der Waals surface area contributed by atoms with E-state index >= 15 is 0 Å². The number of anilines is 1. The van der Waals surface area contributed by atoms with Crippen LogP contribution in [0.15, 0.2) is 24.4 Å². The van der Waals surface area contributed by atoms with Gasteiger partial charge in [0.15, 0.2) is 0 Å². The largest absolute Gasteiger partial charge is 0.323 e. The Bertz CT molecular complexity index is 639. The van der Waals surface area contributed by atoms with Crippen LogP contribution < -0.4 is 5.32 Å². The summed E-state index contributed by atoms with van der Waals surface area (Å²) in [5, 5.41) is 3.91. The lowest BCUT2D eigenvalue weighted by molar-refractivity contribution is 0.209. The predicted molar refractivity (Wildman–Crippen MR) is 90.4 cm³/mol. The normalized spacial score (nSPS) is 12.3. The molecule has 0 aliphatic heterocycles. The van der Waals surface area contributed by atoms with Crippen molar-refractivity contribution in [1.82, 2.24) is 14.9 Å². The minimum absolute atomic E-state index is 0.0336. The molecule has 2 heterocycles. The second-order valence-corrected chi connectivity index (χ2v) is 6.65. The first-order chi connectivity index (χ1) is 10.4. The van der Waals surface area contributed by atoms with Gasteiger partial charge in [0.1, 0.15) is 5.82 Å². The van der Waals surface area contributed by atoms with Crippen molar-refractivity contribution in [2.24, 2.45) is 0 Å². The Morgan fingerprint density at radius 3 is 2.59 bits per heavy atom. The molecule has 2 aromatic rings. The predicted octanol–water partition coefficient (Wildman–Crippen LogP) is 4.19. The van der Waals surface area contributed by atoms with Gasteiger partial charge in [0.25, 0.3) is 0 Å². The first-order valence-corrected chi connectivity index (χ1v) is 8.13. The zero-order valence-electron chi connectivity index (χ0n) is 13.6. The molecular formula is C16H22N4OS. The summed E-state index contributed by atoms with van der Waals surface area (Å²) in [5.74, 6) is 0.952. The van der Waals surface area contributed by atoms with Crippen molar-refractivity contribution in [2.75, 3.05) is 12.4 Å². The molecule has 0 aliphatic rings. The lowest BCUT2D eigenvalue weighted by Gasteiger charge is -2.24. The summed E-state index contributed by atoms with van der Waals surface area (Å²) in [6, 6.07) is 5.22. The molecule has 6 heteroatoms. The van der Waals surface area contributed by atoms with E-state index in [1.165, 1.54) is 0 Å². The maximum absolute atomic E-state index is 12.3. The van der Waals surface area contributed by atoms with Crippen LogP contribution in [-0.2, 0) is 0 Å². The van der Waals surface area contributed by atoms with E-state index in [1.54, 1.807) is 35.5 Å². The summed E-state index contributed by atoms with van der Waals surface area (Å²) >= 11 is 1.68. The monoisotopic (exact) mass is 318 g/mol.